The summed E-state index contributed by atoms with van der Waals surface area (Å²) in [4.78, 5) is 12.3. The van der Waals surface area contributed by atoms with Crippen LogP contribution in [0.15, 0.2) is 36.4 Å². The van der Waals surface area contributed by atoms with Crippen LogP contribution >= 0.6 is 11.6 Å². The van der Waals surface area contributed by atoms with Crippen LogP contribution in [-0.4, -0.2) is 19.1 Å². The predicted octanol–water partition coefficient (Wildman–Crippen LogP) is 4.63. The van der Waals surface area contributed by atoms with Crippen LogP contribution < -0.4 is 14.8 Å². The van der Waals surface area contributed by atoms with Gasteiger partial charge >= 0.3 is 0 Å². The zero-order valence-electron chi connectivity index (χ0n) is 13.7. The smallest absolute Gasteiger partial charge is 0.256 e. The molecule has 1 N–H and O–H groups in total. The molecule has 0 bridgehead atoms. The molecule has 0 unspecified atom stereocenters. The van der Waals surface area contributed by atoms with Crippen molar-refractivity contribution in [1.29, 1.82) is 0 Å². The first-order valence-electron chi connectivity index (χ1n) is 7.66. The SMILES string of the molecule is COc1cccc(C=C2C(=O)Nc3ccc(Cl)cc32)c1OC(C)C. The maximum atomic E-state index is 12.3. The molecule has 1 aliphatic heterocycles. The predicted molar refractivity (Wildman–Crippen MR) is 96.7 cm³/mol. The minimum Gasteiger partial charge on any atom is -0.493 e. The van der Waals surface area contributed by atoms with Crippen LogP contribution in [0.25, 0.3) is 11.6 Å². The molecule has 1 amide bonds. The monoisotopic (exact) mass is 343 g/mol. The quantitative estimate of drug-likeness (QED) is 0.823. The number of methoxy groups -OCH3 is 1. The third kappa shape index (κ3) is 3.10. The molecule has 0 saturated heterocycles. The highest BCUT2D eigenvalue weighted by atomic mass is 35.5. The Hall–Kier alpha value is -2.46. The Labute approximate surface area is 146 Å². The number of benzene rings is 2. The van der Waals surface area contributed by atoms with Gasteiger partial charge in [0.1, 0.15) is 0 Å². The fourth-order valence-corrected chi connectivity index (χ4v) is 2.80. The van der Waals surface area contributed by atoms with E-state index in [4.69, 9.17) is 21.1 Å². The van der Waals surface area contributed by atoms with Crippen LogP contribution in [0.5, 0.6) is 11.5 Å². The van der Waals surface area contributed by atoms with Crippen molar-refractivity contribution >= 4 is 34.8 Å². The van der Waals surface area contributed by atoms with Gasteiger partial charge in [0.2, 0.25) is 0 Å². The number of rotatable bonds is 4. The minimum atomic E-state index is -0.161. The molecule has 0 aliphatic carbocycles. The molecule has 24 heavy (non-hydrogen) atoms. The van der Waals surface area contributed by atoms with E-state index in [2.05, 4.69) is 5.32 Å². The lowest BCUT2D eigenvalue weighted by atomic mass is 10.0. The van der Waals surface area contributed by atoms with Crippen molar-refractivity contribution in [3.05, 3.63) is 52.5 Å². The number of nitrogens with one attached hydrogen (secondary N) is 1. The molecule has 124 valence electrons. The number of carbonyl (C=O) groups excluding carboxylic acids is 1. The normalized spacial score (nSPS) is 14.7. The van der Waals surface area contributed by atoms with E-state index >= 15 is 0 Å². The maximum absolute atomic E-state index is 12.3. The number of halogens is 1. The molecule has 3 rings (SSSR count). The Bertz CT molecular complexity index is 827. The highest BCUT2D eigenvalue weighted by Crippen LogP contribution is 2.38. The van der Waals surface area contributed by atoms with Crippen LogP contribution in [0.4, 0.5) is 5.69 Å². The molecule has 2 aromatic carbocycles. The minimum absolute atomic E-state index is 0.0161. The number of fused-ring (bicyclic) bond motifs is 1. The maximum Gasteiger partial charge on any atom is 0.256 e. The number of hydrogen-bond acceptors (Lipinski definition) is 3. The number of amides is 1. The van der Waals surface area contributed by atoms with Gasteiger partial charge in [-0.3, -0.25) is 4.79 Å². The lowest BCUT2D eigenvalue weighted by Crippen LogP contribution is -2.08. The van der Waals surface area contributed by atoms with Crippen LogP contribution in [0.1, 0.15) is 25.0 Å². The first-order valence-corrected chi connectivity index (χ1v) is 8.04. The van der Waals surface area contributed by atoms with Gasteiger partial charge in [-0.05, 0) is 44.2 Å². The van der Waals surface area contributed by atoms with Crippen molar-refractivity contribution in [1.82, 2.24) is 0 Å². The van der Waals surface area contributed by atoms with Crippen LogP contribution in [0, 0.1) is 0 Å². The molecular formula is C19H18ClNO3. The van der Waals surface area contributed by atoms with Gasteiger partial charge in [0.05, 0.1) is 13.2 Å². The third-order valence-electron chi connectivity index (χ3n) is 3.65. The number of para-hydroxylation sites is 1. The lowest BCUT2D eigenvalue weighted by Gasteiger charge is -2.16. The second-order valence-electron chi connectivity index (χ2n) is 5.75. The molecule has 5 heteroatoms. The van der Waals surface area contributed by atoms with Gasteiger partial charge in [0.25, 0.3) is 5.91 Å². The van der Waals surface area contributed by atoms with E-state index in [1.54, 1.807) is 31.4 Å². The van der Waals surface area contributed by atoms with Gasteiger partial charge < -0.3 is 14.8 Å². The molecule has 0 spiro atoms. The topological polar surface area (TPSA) is 47.6 Å². The van der Waals surface area contributed by atoms with Gasteiger partial charge in [0.15, 0.2) is 11.5 Å². The van der Waals surface area contributed by atoms with E-state index in [9.17, 15) is 4.79 Å². The van der Waals surface area contributed by atoms with Gasteiger partial charge in [-0.25, -0.2) is 0 Å². The molecule has 0 fully saturated rings. The Balaban J connectivity index is 2.13. The van der Waals surface area contributed by atoms with E-state index in [-0.39, 0.29) is 12.0 Å². The summed E-state index contributed by atoms with van der Waals surface area (Å²) in [6, 6.07) is 10.9. The van der Waals surface area contributed by atoms with Crippen molar-refractivity contribution in [2.45, 2.75) is 20.0 Å². The molecule has 1 aliphatic rings. The molecule has 0 aromatic heterocycles. The summed E-state index contributed by atoms with van der Waals surface area (Å²) >= 11 is 6.08. The summed E-state index contributed by atoms with van der Waals surface area (Å²) in [5, 5.41) is 3.43. The van der Waals surface area contributed by atoms with E-state index in [0.29, 0.717) is 22.1 Å². The summed E-state index contributed by atoms with van der Waals surface area (Å²) in [7, 11) is 1.59. The molecule has 0 saturated carbocycles. The molecular weight excluding hydrogens is 326 g/mol. The zero-order valence-corrected chi connectivity index (χ0v) is 14.5. The number of ether oxygens (including phenoxy) is 2. The van der Waals surface area contributed by atoms with E-state index in [1.807, 2.05) is 32.0 Å². The second kappa shape index (κ2) is 6.57. The molecule has 0 radical (unpaired) electrons. The molecule has 4 nitrogen and oxygen atoms in total. The standard InChI is InChI=1S/C19H18ClNO3/c1-11(2)24-18-12(5-4-6-17(18)23-3)9-15-14-10-13(20)7-8-16(14)21-19(15)22/h4-11H,1-3H3,(H,21,22). The lowest BCUT2D eigenvalue weighted by molar-refractivity contribution is -0.110. The van der Waals surface area contributed by atoms with Crippen molar-refractivity contribution < 1.29 is 14.3 Å². The zero-order chi connectivity index (χ0) is 17.3. The summed E-state index contributed by atoms with van der Waals surface area (Å²) < 4.78 is 11.3. The highest BCUT2D eigenvalue weighted by Gasteiger charge is 2.25. The molecule has 0 atom stereocenters. The summed E-state index contributed by atoms with van der Waals surface area (Å²) in [6.45, 7) is 3.89. The molecule has 1 heterocycles. The number of anilines is 1. The van der Waals surface area contributed by atoms with Gasteiger partial charge in [-0.15, -0.1) is 0 Å². The highest BCUT2D eigenvalue weighted by molar-refractivity contribution is 6.36. The van der Waals surface area contributed by atoms with Crippen molar-refractivity contribution in [3.8, 4) is 11.5 Å². The van der Waals surface area contributed by atoms with Gasteiger partial charge in [0, 0.05) is 27.4 Å². The fourth-order valence-electron chi connectivity index (χ4n) is 2.63. The molecule has 2 aromatic rings. The van der Waals surface area contributed by atoms with Crippen LogP contribution in [0.2, 0.25) is 5.02 Å². The van der Waals surface area contributed by atoms with Crippen molar-refractivity contribution in [2.24, 2.45) is 0 Å². The van der Waals surface area contributed by atoms with E-state index in [1.165, 1.54) is 0 Å². The number of hydrogen-bond donors (Lipinski definition) is 1. The van der Waals surface area contributed by atoms with Gasteiger partial charge in [-0.1, -0.05) is 23.7 Å². The second-order valence-corrected chi connectivity index (χ2v) is 6.18. The van der Waals surface area contributed by atoms with Crippen LogP contribution in [-0.2, 0) is 4.79 Å². The largest absolute Gasteiger partial charge is 0.493 e. The first kappa shape index (κ1) is 16.4. The number of carbonyl (C=O) groups is 1. The first-order chi connectivity index (χ1) is 11.5. The van der Waals surface area contributed by atoms with E-state index < -0.39 is 0 Å². The Morgan fingerprint density at radius 3 is 2.71 bits per heavy atom. The Morgan fingerprint density at radius 1 is 1.21 bits per heavy atom. The van der Waals surface area contributed by atoms with Gasteiger partial charge in [-0.2, -0.15) is 0 Å². The average molecular weight is 344 g/mol. The average Bonchev–Trinajstić information content (AvgIpc) is 2.84. The Morgan fingerprint density at radius 2 is 2.00 bits per heavy atom. The summed E-state index contributed by atoms with van der Waals surface area (Å²) in [5.41, 5.74) is 2.87. The van der Waals surface area contributed by atoms with Crippen LogP contribution in [0.3, 0.4) is 0 Å². The summed E-state index contributed by atoms with van der Waals surface area (Å²) in [5.74, 6) is 1.08. The summed E-state index contributed by atoms with van der Waals surface area (Å²) in [6.07, 6.45) is 1.79. The Kier molecular flexibility index (Phi) is 4.49. The third-order valence-corrected chi connectivity index (χ3v) is 3.88. The van der Waals surface area contributed by atoms with E-state index in [0.717, 1.165) is 16.8 Å². The van der Waals surface area contributed by atoms with Crippen molar-refractivity contribution in [2.75, 3.05) is 12.4 Å². The van der Waals surface area contributed by atoms with Crippen molar-refractivity contribution in [3.63, 3.8) is 0 Å². The fraction of sp³-hybridized carbons (Fsp3) is 0.211.